The molecule has 0 aliphatic carbocycles. The van der Waals surface area contributed by atoms with Gasteiger partial charge in [-0.15, -0.1) is 0 Å². The molecule has 2 heterocycles. The summed E-state index contributed by atoms with van der Waals surface area (Å²) in [5, 5.41) is 0.642. The molecule has 31 heavy (non-hydrogen) atoms. The predicted molar refractivity (Wildman–Crippen MR) is 109 cm³/mol. The smallest absolute Gasteiger partial charge is 0.417 e. The quantitative estimate of drug-likeness (QED) is 0.570. The van der Waals surface area contributed by atoms with Crippen LogP contribution in [-0.2, 0) is 15.4 Å². The Bertz CT molecular complexity index is 1200. The number of anilines is 1. The number of hydrogen-bond acceptors (Lipinski definition) is 5. The van der Waals surface area contributed by atoms with E-state index >= 15 is 0 Å². The first-order valence-electron chi connectivity index (χ1n) is 9.10. The molecule has 1 saturated heterocycles. The number of carbonyl (C=O) groups is 1. The molecule has 1 aliphatic rings. The zero-order valence-corrected chi connectivity index (χ0v) is 16.8. The van der Waals surface area contributed by atoms with Gasteiger partial charge in [0.25, 0.3) is 5.56 Å². The second-order valence-corrected chi connectivity index (χ2v) is 7.32. The maximum atomic E-state index is 13.4. The molecule has 0 spiro atoms. The van der Waals surface area contributed by atoms with Crippen LogP contribution in [0.3, 0.4) is 0 Å². The van der Waals surface area contributed by atoms with Crippen molar-refractivity contribution in [1.29, 1.82) is 0 Å². The fourth-order valence-corrected chi connectivity index (χ4v) is 3.74. The molecule has 2 atom stereocenters. The molecular weight excluding hydrogens is 436 g/mol. The average molecular weight is 452 g/mol. The van der Waals surface area contributed by atoms with E-state index in [-0.39, 0.29) is 29.8 Å². The number of H-pyrrole nitrogens is 1. The summed E-state index contributed by atoms with van der Waals surface area (Å²) in [5.74, 6) is 0. The molecule has 1 aliphatic heterocycles. The average Bonchev–Trinajstić information content (AvgIpc) is 3.12. The Morgan fingerprint density at radius 1 is 1.19 bits per heavy atom. The van der Waals surface area contributed by atoms with Crippen molar-refractivity contribution in [2.24, 2.45) is 0 Å². The van der Waals surface area contributed by atoms with Crippen LogP contribution in [0.1, 0.15) is 5.56 Å². The van der Waals surface area contributed by atoms with Crippen LogP contribution < -0.4 is 10.5 Å². The minimum absolute atomic E-state index is 0.0350. The van der Waals surface area contributed by atoms with E-state index in [0.29, 0.717) is 11.1 Å². The molecule has 0 radical (unpaired) electrons. The highest BCUT2D eigenvalue weighted by molar-refractivity contribution is 7.24. The second-order valence-electron chi connectivity index (χ2n) is 6.85. The normalized spacial score (nSPS) is 17.1. The molecule has 11 heteroatoms. The van der Waals surface area contributed by atoms with Crippen LogP contribution in [0.2, 0.25) is 0 Å². The van der Waals surface area contributed by atoms with Crippen molar-refractivity contribution in [2.75, 3.05) is 18.1 Å². The minimum Gasteiger partial charge on any atom is -0.441 e. The third-order valence-electron chi connectivity index (χ3n) is 4.87. The Morgan fingerprint density at radius 3 is 2.71 bits per heavy atom. The van der Waals surface area contributed by atoms with Crippen molar-refractivity contribution < 1.29 is 32.1 Å². The molecule has 0 saturated carbocycles. The van der Waals surface area contributed by atoms with Gasteiger partial charge >= 0.3 is 12.3 Å². The van der Waals surface area contributed by atoms with Crippen molar-refractivity contribution in [1.82, 2.24) is 4.98 Å². The van der Waals surface area contributed by atoms with Gasteiger partial charge in [-0.05, 0) is 29.7 Å². The monoisotopic (exact) mass is 452 g/mol. The number of rotatable bonds is 5. The zero-order chi connectivity index (χ0) is 22.2. The summed E-state index contributed by atoms with van der Waals surface area (Å²) in [4.78, 5) is 37.4. The summed E-state index contributed by atoms with van der Waals surface area (Å²) in [6, 6.07) is 11.1. The van der Waals surface area contributed by atoms with Gasteiger partial charge in [0, 0.05) is 22.3 Å². The van der Waals surface area contributed by atoms with Crippen molar-refractivity contribution in [3.63, 3.8) is 0 Å². The van der Waals surface area contributed by atoms with Gasteiger partial charge in [0.2, 0.25) is 0 Å². The number of aromatic nitrogens is 1. The molecule has 2 unspecified atom stereocenters. The Hall–Kier alpha value is -2.94. The molecule has 1 fully saturated rings. The number of nitrogens with one attached hydrogen (secondary N) is 1. The van der Waals surface area contributed by atoms with Crippen LogP contribution in [0.4, 0.5) is 23.7 Å². The summed E-state index contributed by atoms with van der Waals surface area (Å²) >= 11 is 0. The number of ether oxygens (including phenoxy) is 1. The lowest BCUT2D eigenvalue weighted by Gasteiger charge is -2.15. The van der Waals surface area contributed by atoms with Crippen LogP contribution in [0.25, 0.3) is 22.0 Å². The molecular formula is C20H16F3N2O5P. The summed E-state index contributed by atoms with van der Waals surface area (Å²) in [5.41, 5.74) is -1.12. The van der Waals surface area contributed by atoms with Gasteiger partial charge in [-0.1, -0.05) is 24.3 Å². The van der Waals surface area contributed by atoms with E-state index in [1.54, 1.807) is 12.1 Å². The third-order valence-corrected chi connectivity index (χ3v) is 5.17. The molecule has 162 valence electrons. The highest BCUT2D eigenvalue weighted by Crippen LogP contribution is 2.36. The SMILES string of the molecule is O=C1OC(COPO)CN1c1ccc2cc(-c3ccccc3C(F)(F)F)[nH]c(=O)c2c1. The number of alkyl halides is 3. The van der Waals surface area contributed by atoms with E-state index in [2.05, 4.69) is 4.98 Å². The Labute approximate surface area is 175 Å². The number of amides is 1. The van der Waals surface area contributed by atoms with Gasteiger partial charge in [0.05, 0.1) is 18.7 Å². The maximum Gasteiger partial charge on any atom is 0.417 e. The first kappa shape index (κ1) is 21.3. The van der Waals surface area contributed by atoms with Crippen LogP contribution in [-0.4, -0.2) is 35.2 Å². The van der Waals surface area contributed by atoms with E-state index in [1.807, 2.05) is 0 Å². The molecule has 2 aromatic carbocycles. The van der Waals surface area contributed by atoms with Crippen LogP contribution in [0.15, 0.2) is 53.3 Å². The molecule has 0 bridgehead atoms. The molecule has 1 amide bonds. The third kappa shape index (κ3) is 4.27. The van der Waals surface area contributed by atoms with E-state index < -0.39 is 38.5 Å². The van der Waals surface area contributed by atoms with E-state index in [0.717, 1.165) is 6.07 Å². The van der Waals surface area contributed by atoms with Gasteiger partial charge in [0.15, 0.2) is 9.03 Å². The molecule has 1 aromatic heterocycles. The molecule has 2 N–H and O–H groups in total. The standard InChI is InChI=1S/C20H16F3N2O5P/c21-20(22,23)16-4-2-1-3-14(16)17-7-11-5-6-12(8-15(11)18(26)24-17)25-9-13(10-29-31-28)30-19(25)27/h1-8,13,28,31H,9-10H2,(H,24,26). The van der Waals surface area contributed by atoms with Crippen LogP contribution in [0, 0.1) is 0 Å². The Kier molecular flexibility index (Phi) is 5.70. The Balaban J connectivity index is 1.71. The van der Waals surface area contributed by atoms with E-state index in [9.17, 15) is 22.8 Å². The van der Waals surface area contributed by atoms with Crippen molar-refractivity contribution in [3.05, 3.63) is 64.4 Å². The van der Waals surface area contributed by atoms with Crippen LogP contribution in [0.5, 0.6) is 0 Å². The van der Waals surface area contributed by atoms with E-state index in [1.165, 1.54) is 35.2 Å². The largest absolute Gasteiger partial charge is 0.441 e. The summed E-state index contributed by atoms with van der Waals surface area (Å²) in [6.07, 6.45) is -5.76. The van der Waals surface area contributed by atoms with Crippen LogP contribution >= 0.6 is 9.03 Å². The number of fused-ring (bicyclic) bond motifs is 1. The number of nitrogens with zero attached hydrogens (tertiary/aromatic N) is 1. The highest BCUT2D eigenvalue weighted by atomic mass is 31.1. The Morgan fingerprint density at radius 2 is 1.97 bits per heavy atom. The lowest BCUT2D eigenvalue weighted by molar-refractivity contribution is -0.137. The lowest BCUT2D eigenvalue weighted by Crippen LogP contribution is -2.25. The lowest BCUT2D eigenvalue weighted by atomic mass is 10.0. The summed E-state index contributed by atoms with van der Waals surface area (Å²) in [6.45, 7) is 0.205. The number of pyridine rings is 1. The van der Waals surface area contributed by atoms with Crippen molar-refractivity contribution in [2.45, 2.75) is 12.3 Å². The molecule has 7 nitrogen and oxygen atoms in total. The van der Waals surface area contributed by atoms with Crippen molar-refractivity contribution in [3.8, 4) is 11.3 Å². The molecule has 3 aromatic rings. The second kappa shape index (κ2) is 8.30. The fraction of sp³-hybridized carbons (Fsp3) is 0.200. The molecule has 4 rings (SSSR count). The van der Waals surface area contributed by atoms with E-state index in [4.69, 9.17) is 14.2 Å². The summed E-state index contributed by atoms with van der Waals surface area (Å²) in [7, 11) is -0.723. The fourth-order valence-electron chi connectivity index (χ4n) is 3.48. The van der Waals surface area contributed by atoms with Gasteiger partial charge < -0.3 is 19.1 Å². The number of benzene rings is 2. The number of carbonyl (C=O) groups excluding carboxylic acids is 1. The highest BCUT2D eigenvalue weighted by Gasteiger charge is 2.34. The number of halogens is 3. The van der Waals surface area contributed by atoms with Gasteiger partial charge in [0.1, 0.15) is 6.10 Å². The topological polar surface area (TPSA) is 91.9 Å². The first-order chi connectivity index (χ1) is 14.8. The van der Waals surface area contributed by atoms with Gasteiger partial charge in [-0.3, -0.25) is 9.69 Å². The first-order valence-corrected chi connectivity index (χ1v) is 9.96. The minimum atomic E-state index is -4.57. The predicted octanol–water partition coefficient (Wildman–Crippen LogP) is 4.06. The van der Waals surface area contributed by atoms with Gasteiger partial charge in [-0.2, -0.15) is 13.2 Å². The summed E-state index contributed by atoms with van der Waals surface area (Å²) < 4.78 is 50.1. The maximum absolute atomic E-state index is 13.4. The zero-order valence-electron chi connectivity index (χ0n) is 15.8. The number of aromatic amines is 1. The number of hydrogen-bond donors (Lipinski definition) is 2. The van der Waals surface area contributed by atoms with Crippen molar-refractivity contribution >= 4 is 31.6 Å². The van der Waals surface area contributed by atoms with Gasteiger partial charge in [-0.25, -0.2) is 4.79 Å². The number of cyclic esters (lactones) is 1.